The van der Waals surface area contributed by atoms with Gasteiger partial charge in [0.2, 0.25) is 5.91 Å². The number of amides is 1. The molecule has 24 heavy (non-hydrogen) atoms. The normalized spacial score (nSPS) is 10.4. The number of benzene rings is 1. The maximum atomic E-state index is 11.7. The van der Waals surface area contributed by atoms with Gasteiger partial charge in [0.1, 0.15) is 5.75 Å². The first kappa shape index (κ1) is 17.9. The zero-order valence-electron chi connectivity index (χ0n) is 13.4. The molecule has 2 aromatic rings. The van der Waals surface area contributed by atoms with Crippen LogP contribution in [0.3, 0.4) is 0 Å². The van der Waals surface area contributed by atoms with Crippen molar-refractivity contribution < 1.29 is 19.4 Å². The fourth-order valence-electron chi connectivity index (χ4n) is 1.99. The molecule has 0 aliphatic heterocycles. The number of anilines is 1. The van der Waals surface area contributed by atoms with Crippen molar-refractivity contribution in [3.63, 3.8) is 0 Å². The van der Waals surface area contributed by atoms with E-state index in [4.69, 9.17) is 9.84 Å². The molecule has 0 radical (unpaired) electrons. The predicted molar refractivity (Wildman–Crippen MR) is 93.5 cm³/mol. The van der Waals surface area contributed by atoms with E-state index in [2.05, 4.69) is 17.2 Å². The number of hydrogen-bond acceptors (Lipinski definition) is 5. The second-order valence-electron chi connectivity index (χ2n) is 5.18. The minimum atomic E-state index is -0.997. The van der Waals surface area contributed by atoms with Gasteiger partial charge in [-0.2, -0.15) is 0 Å². The predicted octanol–water partition coefficient (Wildman–Crippen LogP) is 3.79. The summed E-state index contributed by atoms with van der Waals surface area (Å²) in [5, 5.41) is 13.5. The SMILES string of the molecule is CCCCOc1ccccc1-c1csc(NC(=O)CCC(=O)O)n1. The molecular formula is C17H20N2O4S. The van der Waals surface area contributed by atoms with E-state index in [0.717, 1.165) is 29.8 Å². The Bertz CT molecular complexity index is 699. The first-order valence-electron chi connectivity index (χ1n) is 7.79. The van der Waals surface area contributed by atoms with Gasteiger partial charge in [0.15, 0.2) is 5.13 Å². The first-order chi connectivity index (χ1) is 11.6. The Morgan fingerprint density at radius 2 is 2.08 bits per heavy atom. The molecule has 7 heteroatoms. The lowest BCUT2D eigenvalue weighted by molar-refractivity contribution is -0.138. The standard InChI is InChI=1S/C17H20N2O4S/c1-2-3-10-23-14-7-5-4-6-12(14)13-11-24-17(18-13)19-15(20)8-9-16(21)22/h4-7,11H,2-3,8-10H2,1H3,(H,21,22)(H,18,19,20). The van der Waals surface area contributed by atoms with Crippen molar-refractivity contribution in [2.75, 3.05) is 11.9 Å². The van der Waals surface area contributed by atoms with Crippen molar-refractivity contribution in [3.05, 3.63) is 29.6 Å². The highest BCUT2D eigenvalue weighted by atomic mass is 32.1. The Balaban J connectivity index is 2.05. The van der Waals surface area contributed by atoms with E-state index in [1.807, 2.05) is 29.6 Å². The van der Waals surface area contributed by atoms with Crippen molar-refractivity contribution in [3.8, 4) is 17.0 Å². The summed E-state index contributed by atoms with van der Waals surface area (Å²) in [6.07, 6.45) is 1.78. The molecule has 0 aliphatic rings. The van der Waals surface area contributed by atoms with Gasteiger partial charge < -0.3 is 15.2 Å². The number of para-hydroxylation sites is 1. The van der Waals surface area contributed by atoms with Gasteiger partial charge in [-0.05, 0) is 18.6 Å². The van der Waals surface area contributed by atoms with Gasteiger partial charge in [-0.25, -0.2) is 4.98 Å². The Kier molecular flexibility index (Phi) is 6.74. The summed E-state index contributed by atoms with van der Waals surface area (Å²) in [5.74, 6) is -0.589. The van der Waals surface area contributed by atoms with E-state index < -0.39 is 5.97 Å². The summed E-state index contributed by atoms with van der Waals surface area (Å²) in [7, 11) is 0. The second kappa shape index (κ2) is 9.02. The number of ether oxygens (including phenoxy) is 1. The van der Waals surface area contributed by atoms with Crippen LogP contribution >= 0.6 is 11.3 Å². The van der Waals surface area contributed by atoms with E-state index in [1.54, 1.807) is 0 Å². The molecule has 0 unspecified atom stereocenters. The summed E-state index contributed by atoms with van der Waals surface area (Å²) in [4.78, 5) is 26.6. The third kappa shape index (κ3) is 5.34. The second-order valence-corrected chi connectivity index (χ2v) is 6.04. The van der Waals surface area contributed by atoms with E-state index >= 15 is 0 Å². The smallest absolute Gasteiger partial charge is 0.303 e. The van der Waals surface area contributed by atoms with Gasteiger partial charge in [0.05, 0.1) is 18.7 Å². The molecular weight excluding hydrogens is 328 g/mol. The Morgan fingerprint density at radius 1 is 1.29 bits per heavy atom. The van der Waals surface area contributed by atoms with Crippen molar-refractivity contribution >= 4 is 28.3 Å². The lowest BCUT2D eigenvalue weighted by Crippen LogP contribution is -2.12. The average molecular weight is 348 g/mol. The van der Waals surface area contributed by atoms with Crippen LogP contribution in [-0.2, 0) is 9.59 Å². The van der Waals surface area contributed by atoms with Crippen molar-refractivity contribution in [2.24, 2.45) is 0 Å². The topological polar surface area (TPSA) is 88.5 Å². The van der Waals surface area contributed by atoms with Crippen molar-refractivity contribution in [1.82, 2.24) is 4.98 Å². The fourth-order valence-corrected chi connectivity index (χ4v) is 2.71. The summed E-state index contributed by atoms with van der Waals surface area (Å²) < 4.78 is 5.80. The molecule has 2 N–H and O–H groups in total. The first-order valence-corrected chi connectivity index (χ1v) is 8.67. The zero-order valence-corrected chi connectivity index (χ0v) is 14.3. The Morgan fingerprint density at radius 3 is 2.83 bits per heavy atom. The number of carboxylic acids is 1. The van der Waals surface area contributed by atoms with Crippen LogP contribution in [0.15, 0.2) is 29.6 Å². The summed E-state index contributed by atoms with van der Waals surface area (Å²) in [5.41, 5.74) is 1.59. The molecule has 6 nitrogen and oxygen atoms in total. The average Bonchev–Trinajstić information content (AvgIpc) is 3.02. The van der Waals surface area contributed by atoms with Crippen LogP contribution in [0.25, 0.3) is 11.3 Å². The third-order valence-electron chi connectivity index (χ3n) is 3.23. The molecule has 0 atom stereocenters. The number of hydrogen-bond donors (Lipinski definition) is 2. The van der Waals surface area contributed by atoms with Crippen LogP contribution in [0, 0.1) is 0 Å². The lowest BCUT2D eigenvalue weighted by atomic mass is 10.1. The molecule has 0 fully saturated rings. The number of aliphatic carboxylic acids is 1. The molecule has 0 saturated carbocycles. The van der Waals surface area contributed by atoms with Gasteiger partial charge in [-0.15, -0.1) is 11.3 Å². The molecule has 0 saturated heterocycles. The molecule has 1 heterocycles. The highest BCUT2D eigenvalue weighted by Crippen LogP contribution is 2.32. The largest absolute Gasteiger partial charge is 0.493 e. The fraction of sp³-hybridized carbons (Fsp3) is 0.353. The Hall–Kier alpha value is -2.41. The van der Waals surface area contributed by atoms with Crippen LogP contribution in [0.1, 0.15) is 32.6 Å². The third-order valence-corrected chi connectivity index (χ3v) is 3.99. The quantitative estimate of drug-likeness (QED) is 0.673. The maximum absolute atomic E-state index is 11.7. The van der Waals surface area contributed by atoms with Crippen LogP contribution in [0.4, 0.5) is 5.13 Å². The van der Waals surface area contributed by atoms with Gasteiger partial charge in [-0.1, -0.05) is 25.5 Å². The van der Waals surface area contributed by atoms with E-state index in [0.29, 0.717) is 11.7 Å². The van der Waals surface area contributed by atoms with Crippen molar-refractivity contribution in [2.45, 2.75) is 32.6 Å². The lowest BCUT2D eigenvalue weighted by Gasteiger charge is -2.09. The zero-order chi connectivity index (χ0) is 17.4. The Labute approximate surface area is 144 Å². The van der Waals surface area contributed by atoms with E-state index in [1.165, 1.54) is 11.3 Å². The van der Waals surface area contributed by atoms with Gasteiger partial charge in [-0.3, -0.25) is 9.59 Å². The van der Waals surface area contributed by atoms with E-state index in [9.17, 15) is 9.59 Å². The molecule has 1 aromatic heterocycles. The molecule has 0 spiro atoms. The van der Waals surface area contributed by atoms with Gasteiger partial charge in [0.25, 0.3) is 0 Å². The number of nitrogens with one attached hydrogen (secondary N) is 1. The number of nitrogens with zero attached hydrogens (tertiary/aromatic N) is 1. The van der Waals surface area contributed by atoms with Gasteiger partial charge in [0, 0.05) is 17.4 Å². The molecule has 0 bridgehead atoms. The van der Waals surface area contributed by atoms with E-state index in [-0.39, 0.29) is 18.7 Å². The molecule has 1 amide bonds. The minimum Gasteiger partial charge on any atom is -0.493 e. The number of thiazole rings is 1. The van der Waals surface area contributed by atoms with Crippen LogP contribution in [-0.4, -0.2) is 28.6 Å². The number of rotatable bonds is 9. The number of carboxylic acid groups (broad SMARTS) is 1. The summed E-state index contributed by atoms with van der Waals surface area (Å²) >= 11 is 1.30. The molecule has 0 aliphatic carbocycles. The van der Waals surface area contributed by atoms with Crippen LogP contribution in [0.5, 0.6) is 5.75 Å². The maximum Gasteiger partial charge on any atom is 0.303 e. The number of carbonyl (C=O) groups is 2. The molecule has 128 valence electrons. The highest BCUT2D eigenvalue weighted by molar-refractivity contribution is 7.14. The minimum absolute atomic E-state index is 0.0685. The summed E-state index contributed by atoms with van der Waals surface area (Å²) in [6.45, 7) is 2.76. The monoisotopic (exact) mass is 348 g/mol. The molecule has 2 rings (SSSR count). The van der Waals surface area contributed by atoms with Crippen LogP contribution < -0.4 is 10.1 Å². The number of unbranched alkanes of at least 4 members (excludes halogenated alkanes) is 1. The summed E-state index contributed by atoms with van der Waals surface area (Å²) in [6, 6.07) is 7.64. The molecule has 1 aromatic carbocycles. The highest BCUT2D eigenvalue weighted by Gasteiger charge is 2.12. The van der Waals surface area contributed by atoms with Crippen LogP contribution in [0.2, 0.25) is 0 Å². The number of carbonyl (C=O) groups excluding carboxylic acids is 1. The van der Waals surface area contributed by atoms with Crippen molar-refractivity contribution in [1.29, 1.82) is 0 Å². The van der Waals surface area contributed by atoms with Gasteiger partial charge >= 0.3 is 5.97 Å². The number of aromatic nitrogens is 1.